The molecule has 1 fully saturated rings. The van der Waals surface area contributed by atoms with Crippen LogP contribution in [0.25, 0.3) is 10.8 Å². The molecule has 190 valence electrons. The number of methoxy groups -OCH3 is 1. The van der Waals surface area contributed by atoms with Crippen LogP contribution in [-0.2, 0) is 6.54 Å². The van der Waals surface area contributed by atoms with E-state index in [1.807, 2.05) is 54.6 Å². The van der Waals surface area contributed by atoms with E-state index >= 15 is 0 Å². The molecule has 2 heterocycles. The quantitative estimate of drug-likeness (QED) is 0.391. The first-order valence-electron chi connectivity index (χ1n) is 12.8. The van der Waals surface area contributed by atoms with Crippen LogP contribution in [0.4, 0.5) is 0 Å². The molecule has 0 unspecified atom stereocenters. The zero-order valence-corrected chi connectivity index (χ0v) is 21.1. The topological polar surface area (TPSA) is 76.5 Å². The second-order valence-corrected chi connectivity index (χ2v) is 9.44. The summed E-state index contributed by atoms with van der Waals surface area (Å²) in [6.07, 6.45) is 3.53. The average Bonchev–Trinajstić information content (AvgIpc) is 2.96. The molecule has 4 aromatic rings. The van der Waals surface area contributed by atoms with Gasteiger partial charge in [-0.1, -0.05) is 67.1 Å². The third-order valence-electron chi connectivity index (χ3n) is 7.05. The molecule has 1 atom stereocenters. The van der Waals surface area contributed by atoms with Gasteiger partial charge in [-0.3, -0.25) is 14.5 Å². The van der Waals surface area contributed by atoms with Crippen LogP contribution >= 0.6 is 0 Å². The summed E-state index contributed by atoms with van der Waals surface area (Å²) in [6.45, 7) is 2.73. The van der Waals surface area contributed by atoms with E-state index in [2.05, 4.69) is 27.4 Å². The van der Waals surface area contributed by atoms with Gasteiger partial charge in [0.1, 0.15) is 5.75 Å². The standard InChI is InChI=1S/C30H32N4O3/c1-37-24-16-14-23(15-17-24)27(33-18-8-3-9-19-33)20-31-29(35)28-25-12-6-7-13-26(25)30(36)34(32-28)21-22-10-4-2-5-11-22/h2,4-7,10-17,27H,3,8-9,18-21H2,1H3,(H,31,35)/t27-/m0/s1. The molecule has 1 amide bonds. The zero-order valence-electron chi connectivity index (χ0n) is 21.1. The van der Waals surface area contributed by atoms with Gasteiger partial charge < -0.3 is 10.1 Å². The lowest BCUT2D eigenvalue weighted by molar-refractivity contribution is 0.0919. The predicted octanol–water partition coefficient (Wildman–Crippen LogP) is 4.41. The molecule has 1 saturated heterocycles. The van der Waals surface area contributed by atoms with E-state index in [0.29, 0.717) is 23.9 Å². The average molecular weight is 497 g/mol. The number of aromatic nitrogens is 2. The van der Waals surface area contributed by atoms with Gasteiger partial charge in [0.25, 0.3) is 11.5 Å². The van der Waals surface area contributed by atoms with E-state index in [-0.39, 0.29) is 23.2 Å². The Kier molecular flexibility index (Phi) is 7.61. The smallest absolute Gasteiger partial charge is 0.274 e. The number of piperidine rings is 1. The van der Waals surface area contributed by atoms with Crippen molar-refractivity contribution in [3.63, 3.8) is 0 Å². The number of ether oxygens (including phenoxy) is 1. The minimum Gasteiger partial charge on any atom is -0.497 e. The van der Waals surface area contributed by atoms with Crippen LogP contribution in [0.1, 0.15) is 46.9 Å². The second kappa shape index (κ2) is 11.4. The van der Waals surface area contributed by atoms with Crippen molar-refractivity contribution in [2.24, 2.45) is 0 Å². The molecule has 37 heavy (non-hydrogen) atoms. The number of carbonyl (C=O) groups excluding carboxylic acids is 1. The summed E-state index contributed by atoms with van der Waals surface area (Å²) in [5.74, 6) is 0.523. The first-order chi connectivity index (χ1) is 18.1. The monoisotopic (exact) mass is 496 g/mol. The van der Waals surface area contributed by atoms with Crippen LogP contribution in [0.5, 0.6) is 5.75 Å². The van der Waals surface area contributed by atoms with Crippen molar-refractivity contribution < 1.29 is 9.53 Å². The van der Waals surface area contributed by atoms with Gasteiger partial charge in [-0.25, -0.2) is 4.68 Å². The highest BCUT2D eigenvalue weighted by Gasteiger charge is 2.24. The SMILES string of the molecule is COc1ccc([C@H](CNC(=O)c2nn(Cc3ccccc3)c(=O)c3ccccc23)N2CCCCC2)cc1. The molecule has 1 aliphatic rings. The maximum atomic E-state index is 13.6. The molecular weight excluding hydrogens is 464 g/mol. The molecule has 5 rings (SSSR count). The minimum absolute atomic E-state index is 0.0386. The number of carbonyl (C=O) groups is 1. The van der Waals surface area contributed by atoms with E-state index in [0.717, 1.165) is 42.8 Å². The third kappa shape index (κ3) is 5.57. The molecule has 1 N–H and O–H groups in total. The van der Waals surface area contributed by atoms with Gasteiger partial charge in [-0.15, -0.1) is 0 Å². The fourth-order valence-corrected chi connectivity index (χ4v) is 5.05. The Morgan fingerprint density at radius 2 is 1.59 bits per heavy atom. The lowest BCUT2D eigenvalue weighted by atomic mass is 10.0. The Balaban J connectivity index is 1.44. The van der Waals surface area contributed by atoms with Gasteiger partial charge in [0.05, 0.1) is 25.1 Å². The Hall–Kier alpha value is -3.97. The van der Waals surface area contributed by atoms with Crippen LogP contribution in [0.3, 0.4) is 0 Å². The number of rotatable bonds is 8. The predicted molar refractivity (Wildman–Crippen MR) is 145 cm³/mol. The molecule has 1 aliphatic heterocycles. The summed E-state index contributed by atoms with van der Waals surface area (Å²) in [6, 6.07) is 25.0. The molecule has 7 heteroatoms. The summed E-state index contributed by atoms with van der Waals surface area (Å²) < 4.78 is 6.72. The lowest BCUT2D eigenvalue weighted by Gasteiger charge is -2.35. The number of likely N-dealkylation sites (tertiary alicyclic amines) is 1. The van der Waals surface area contributed by atoms with Crippen molar-refractivity contribution in [3.8, 4) is 5.75 Å². The van der Waals surface area contributed by atoms with Crippen LogP contribution in [-0.4, -0.2) is 47.3 Å². The summed E-state index contributed by atoms with van der Waals surface area (Å²) in [4.78, 5) is 29.2. The summed E-state index contributed by atoms with van der Waals surface area (Å²) in [5.41, 5.74) is 2.14. The van der Waals surface area contributed by atoms with Gasteiger partial charge in [0.2, 0.25) is 0 Å². The lowest BCUT2D eigenvalue weighted by Crippen LogP contribution is -2.41. The van der Waals surface area contributed by atoms with Crippen molar-refractivity contribution >= 4 is 16.7 Å². The van der Waals surface area contributed by atoms with Gasteiger partial charge in [-0.05, 0) is 55.3 Å². The third-order valence-corrected chi connectivity index (χ3v) is 7.05. The molecule has 1 aromatic heterocycles. The fraction of sp³-hybridized carbons (Fsp3) is 0.300. The van der Waals surface area contributed by atoms with Gasteiger partial charge in [0, 0.05) is 11.9 Å². The number of benzene rings is 3. The normalized spacial score (nSPS) is 14.8. The minimum atomic E-state index is -0.284. The fourth-order valence-electron chi connectivity index (χ4n) is 5.05. The molecular formula is C30H32N4O3. The molecule has 0 radical (unpaired) electrons. The van der Waals surface area contributed by atoms with Crippen molar-refractivity contribution in [2.75, 3.05) is 26.7 Å². The van der Waals surface area contributed by atoms with Crippen LogP contribution in [0.15, 0.2) is 83.7 Å². The molecule has 0 bridgehead atoms. The second-order valence-electron chi connectivity index (χ2n) is 9.44. The number of nitrogens with one attached hydrogen (secondary N) is 1. The van der Waals surface area contributed by atoms with E-state index in [1.54, 1.807) is 19.2 Å². The van der Waals surface area contributed by atoms with Crippen LogP contribution in [0.2, 0.25) is 0 Å². The Labute approximate surface area is 216 Å². The Morgan fingerprint density at radius 1 is 0.919 bits per heavy atom. The van der Waals surface area contributed by atoms with Crippen molar-refractivity contribution in [3.05, 3.63) is 106 Å². The molecule has 0 spiro atoms. The van der Waals surface area contributed by atoms with Crippen molar-refractivity contribution in [2.45, 2.75) is 31.8 Å². The van der Waals surface area contributed by atoms with Crippen LogP contribution < -0.4 is 15.6 Å². The van der Waals surface area contributed by atoms with Crippen molar-refractivity contribution in [1.29, 1.82) is 0 Å². The molecule has 7 nitrogen and oxygen atoms in total. The highest BCUT2D eigenvalue weighted by molar-refractivity contribution is 6.04. The number of hydrogen-bond acceptors (Lipinski definition) is 5. The van der Waals surface area contributed by atoms with E-state index in [1.165, 1.54) is 11.1 Å². The number of fused-ring (bicyclic) bond motifs is 1. The highest BCUT2D eigenvalue weighted by Crippen LogP contribution is 2.26. The number of hydrogen-bond donors (Lipinski definition) is 1. The maximum absolute atomic E-state index is 13.6. The van der Waals surface area contributed by atoms with Crippen LogP contribution in [0, 0.1) is 0 Å². The summed E-state index contributed by atoms with van der Waals surface area (Å²) in [5, 5.41) is 8.73. The van der Waals surface area contributed by atoms with E-state index in [9.17, 15) is 9.59 Å². The largest absolute Gasteiger partial charge is 0.497 e. The number of amides is 1. The van der Waals surface area contributed by atoms with E-state index in [4.69, 9.17) is 4.74 Å². The van der Waals surface area contributed by atoms with Gasteiger partial charge in [0.15, 0.2) is 5.69 Å². The first-order valence-corrected chi connectivity index (χ1v) is 12.8. The molecule has 0 saturated carbocycles. The van der Waals surface area contributed by atoms with Gasteiger partial charge in [-0.2, -0.15) is 5.10 Å². The first kappa shape index (κ1) is 24.7. The molecule has 0 aliphatic carbocycles. The Bertz CT molecular complexity index is 1410. The number of nitrogens with zero attached hydrogens (tertiary/aromatic N) is 3. The molecule has 3 aromatic carbocycles. The summed E-state index contributed by atoms with van der Waals surface area (Å²) >= 11 is 0. The zero-order chi connectivity index (χ0) is 25.6. The Morgan fingerprint density at radius 3 is 2.30 bits per heavy atom. The van der Waals surface area contributed by atoms with Crippen molar-refractivity contribution in [1.82, 2.24) is 20.0 Å². The van der Waals surface area contributed by atoms with Gasteiger partial charge >= 0.3 is 0 Å². The van der Waals surface area contributed by atoms with E-state index < -0.39 is 0 Å². The summed E-state index contributed by atoms with van der Waals surface area (Å²) in [7, 11) is 1.66. The maximum Gasteiger partial charge on any atom is 0.274 e. The highest BCUT2D eigenvalue weighted by atomic mass is 16.5.